The Hall–Kier alpha value is -2.00. The molecule has 0 atom stereocenters. The summed E-state index contributed by atoms with van der Waals surface area (Å²) in [6, 6.07) is 8.04. The van der Waals surface area contributed by atoms with E-state index in [9.17, 15) is 13.2 Å². The molecular weight excluding hydrogens is 430 g/mol. The second-order valence-electron chi connectivity index (χ2n) is 9.00. The molecule has 1 aromatic rings. The fourth-order valence-electron chi connectivity index (χ4n) is 4.27. The van der Waals surface area contributed by atoms with E-state index in [0.29, 0.717) is 38.7 Å². The molecule has 0 saturated carbocycles. The number of benzene rings is 1. The molecule has 0 spiro atoms. The highest BCUT2D eigenvalue weighted by Crippen LogP contribution is 2.24. The predicted octanol–water partition coefficient (Wildman–Crippen LogP) is 3.18. The van der Waals surface area contributed by atoms with E-state index in [4.69, 9.17) is 9.47 Å². The van der Waals surface area contributed by atoms with Crippen molar-refractivity contribution in [1.29, 1.82) is 0 Å². The molecule has 0 aliphatic carbocycles. The van der Waals surface area contributed by atoms with Crippen molar-refractivity contribution in [3.63, 3.8) is 0 Å². The number of nitrogens with zero attached hydrogens (tertiary/aromatic N) is 3. The Labute approximate surface area is 192 Å². The Morgan fingerprint density at radius 1 is 1.03 bits per heavy atom. The zero-order valence-electron chi connectivity index (χ0n) is 19.5. The molecule has 2 heterocycles. The van der Waals surface area contributed by atoms with Gasteiger partial charge in [0.1, 0.15) is 5.75 Å². The fraction of sp³-hybridized carbons (Fsp3) is 0.696. The van der Waals surface area contributed by atoms with Crippen molar-refractivity contribution in [3.05, 3.63) is 24.3 Å². The van der Waals surface area contributed by atoms with E-state index in [1.54, 1.807) is 0 Å². The van der Waals surface area contributed by atoms with E-state index in [-0.39, 0.29) is 12.2 Å². The summed E-state index contributed by atoms with van der Waals surface area (Å²) in [6.45, 7) is 8.42. The molecule has 2 aliphatic heterocycles. The standard InChI is InChI=1S/C23H37N3O5S/c1-19(2)31-23(27)25-12-10-20(11-13-25)5-4-18-30-22-8-6-21(7-9-22)24-14-16-26(17-15-24)32(3,28)29/h6-9,19-20H,4-5,10-18H2,1-3H3. The minimum Gasteiger partial charge on any atom is -0.494 e. The first-order valence-corrected chi connectivity index (χ1v) is 13.5. The third-order valence-electron chi connectivity index (χ3n) is 6.14. The molecule has 0 unspecified atom stereocenters. The lowest BCUT2D eigenvalue weighted by Crippen LogP contribution is -2.48. The molecule has 1 amide bonds. The van der Waals surface area contributed by atoms with Gasteiger partial charge < -0.3 is 19.3 Å². The van der Waals surface area contributed by atoms with Crippen LogP contribution in [0.1, 0.15) is 39.5 Å². The molecule has 2 fully saturated rings. The van der Waals surface area contributed by atoms with Gasteiger partial charge in [-0.1, -0.05) is 0 Å². The lowest BCUT2D eigenvalue weighted by molar-refractivity contribution is 0.0643. The number of ether oxygens (including phenoxy) is 2. The first-order chi connectivity index (χ1) is 15.2. The van der Waals surface area contributed by atoms with Crippen LogP contribution in [0.25, 0.3) is 0 Å². The minimum absolute atomic E-state index is 0.0727. The number of carbonyl (C=O) groups excluding carboxylic acids is 1. The summed E-state index contributed by atoms with van der Waals surface area (Å²) in [5.74, 6) is 1.49. The van der Waals surface area contributed by atoms with Gasteiger partial charge in [-0.2, -0.15) is 4.31 Å². The Kier molecular flexibility index (Phi) is 8.64. The Balaban J connectivity index is 1.32. The van der Waals surface area contributed by atoms with Crippen LogP contribution in [0, 0.1) is 5.92 Å². The van der Waals surface area contributed by atoms with Crippen LogP contribution in [0.4, 0.5) is 10.5 Å². The van der Waals surface area contributed by atoms with Gasteiger partial charge in [0.25, 0.3) is 0 Å². The van der Waals surface area contributed by atoms with E-state index < -0.39 is 10.0 Å². The number of amides is 1. The van der Waals surface area contributed by atoms with Crippen LogP contribution >= 0.6 is 0 Å². The normalized spacial score (nSPS) is 18.8. The fourth-order valence-corrected chi connectivity index (χ4v) is 5.10. The highest BCUT2D eigenvalue weighted by atomic mass is 32.2. The summed E-state index contributed by atoms with van der Waals surface area (Å²) in [7, 11) is -3.11. The van der Waals surface area contributed by atoms with E-state index in [2.05, 4.69) is 4.90 Å². The maximum Gasteiger partial charge on any atom is 0.410 e. The molecule has 8 nitrogen and oxygen atoms in total. The Morgan fingerprint density at radius 2 is 1.66 bits per heavy atom. The number of hydrogen-bond acceptors (Lipinski definition) is 6. The van der Waals surface area contributed by atoms with Crippen LogP contribution < -0.4 is 9.64 Å². The quantitative estimate of drug-likeness (QED) is 0.547. The molecule has 2 aliphatic rings. The van der Waals surface area contributed by atoms with E-state index in [0.717, 1.165) is 50.2 Å². The first kappa shape index (κ1) is 24.6. The van der Waals surface area contributed by atoms with Crippen LogP contribution in [0.5, 0.6) is 5.75 Å². The number of anilines is 1. The Bertz CT molecular complexity index is 828. The smallest absolute Gasteiger partial charge is 0.410 e. The summed E-state index contributed by atoms with van der Waals surface area (Å²) in [5, 5.41) is 0. The Morgan fingerprint density at radius 3 is 2.22 bits per heavy atom. The van der Waals surface area contributed by atoms with Gasteiger partial charge in [0.05, 0.1) is 19.0 Å². The van der Waals surface area contributed by atoms with E-state index in [1.165, 1.54) is 10.6 Å². The second kappa shape index (κ2) is 11.2. The average Bonchev–Trinajstić information content (AvgIpc) is 2.76. The van der Waals surface area contributed by atoms with Gasteiger partial charge in [-0.25, -0.2) is 13.2 Å². The molecule has 9 heteroatoms. The maximum atomic E-state index is 12.0. The molecule has 0 N–H and O–H groups in total. The van der Waals surface area contributed by atoms with E-state index in [1.807, 2.05) is 43.0 Å². The lowest BCUT2D eigenvalue weighted by Gasteiger charge is -2.34. The first-order valence-electron chi connectivity index (χ1n) is 11.6. The summed E-state index contributed by atoms with van der Waals surface area (Å²) >= 11 is 0. The van der Waals surface area contributed by atoms with Gasteiger partial charge >= 0.3 is 6.09 Å². The van der Waals surface area contributed by atoms with Crippen molar-refractivity contribution >= 4 is 21.8 Å². The second-order valence-corrected chi connectivity index (χ2v) is 11.0. The summed E-state index contributed by atoms with van der Waals surface area (Å²) in [5.41, 5.74) is 1.09. The third-order valence-corrected chi connectivity index (χ3v) is 7.45. The summed E-state index contributed by atoms with van der Waals surface area (Å²) in [6.07, 6.45) is 5.15. The van der Waals surface area contributed by atoms with Crippen molar-refractivity contribution in [3.8, 4) is 5.75 Å². The molecule has 2 saturated heterocycles. The molecule has 1 aromatic carbocycles. The third kappa shape index (κ3) is 7.27. The SMILES string of the molecule is CC(C)OC(=O)N1CCC(CCCOc2ccc(N3CCN(S(C)(=O)=O)CC3)cc2)CC1. The van der Waals surface area contributed by atoms with Gasteiger partial charge in [0, 0.05) is 45.0 Å². The highest BCUT2D eigenvalue weighted by Gasteiger charge is 2.25. The van der Waals surface area contributed by atoms with E-state index >= 15 is 0 Å². The topological polar surface area (TPSA) is 79.4 Å². The van der Waals surface area contributed by atoms with Crippen LogP contribution in [0.3, 0.4) is 0 Å². The monoisotopic (exact) mass is 467 g/mol. The van der Waals surface area contributed by atoms with Crippen LogP contribution in [-0.2, 0) is 14.8 Å². The van der Waals surface area contributed by atoms with Crippen molar-refractivity contribution in [1.82, 2.24) is 9.21 Å². The number of hydrogen-bond donors (Lipinski definition) is 0. The number of carbonyl (C=O) groups is 1. The number of piperidine rings is 1. The van der Waals surface area contributed by atoms with Crippen molar-refractivity contribution in [2.24, 2.45) is 5.92 Å². The zero-order chi connectivity index (χ0) is 23.1. The van der Waals surface area contributed by atoms with Crippen molar-refractivity contribution in [2.75, 3.05) is 57.0 Å². The van der Waals surface area contributed by atoms with Gasteiger partial charge in [-0.05, 0) is 69.7 Å². The van der Waals surface area contributed by atoms with Crippen LogP contribution in [-0.4, -0.2) is 82.0 Å². The molecule has 0 bridgehead atoms. The molecule has 180 valence electrons. The predicted molar refractivity (Wildman–Crippen MR) is 126 cm³/mol. The largest absolute Gasteiger partial charge is 0.494 e. The maximum absolute atomic E-state index is 12.0. The average molecular weight is 468 g/mol. The number of piperazine rings is 1. The van der Waals surface area contributed by atoms with Gasteiger partial charge in [-0.15, -0.1) is 0 Å². The van der Waals surface area contributed by atoms with Gasteiger partial charge in [0.2, 0.25) is 10.0 Å². The van der Waals surface area contributed by atoms with Crippen molar-refractivity contribution in [2.45, 2.75) is 45.6 Å². The van der Waals surface area contributed by atoms with Crippen LogP contribution in [0.2, 0.25) is 0 Å². The molecular formula is C23H37N3O5S. The number of sulfonamides is 1. The lowest BCUT2D eigenvalue weighted by atomic mass is 9.92. The van der Waals surface area contributed by atoms with Gasteiger partial charge in [0.15, 0.2) is 0 Å². The molecule has 32 heavy (non-hydrogen) atoms. The molecule has 3 rings (SSSR count). The number of likely N-dealkylation sites (tertiary alicyclic amines) is 1. The van der Waals surface area contributed by atoms with Crippen molar-refractivity contribution < 1.29 is 22.7 Å². The van der Waals surface area contributed by atoms with Crippen LogP contribution in [0.15, 0.2) is 24.3 Å². The summed E-state index contributed by atoms with van der Waals surface area (Å²) in [4.78, 5) is 16.0. The molecule has 0 radical (unpaired) electrons. The highest BCUT2D eigenvalue weighted by molar-refractivity contribution is 7.88. The number of rotatable bonds is 8. The summed E-state index contributed by atoms with van der Waals surface area (Å²) < 4.78 is 36.0. The minimum atomic E-state index is -3.11. The molecule has 0 aromatic heterocycles. The zero-order valence-corrected chi connectivity index (χ0v) is 20.3. The van der Waals surface area contributed by atoms with Gasteiger partial charge in [-0.3, -0.25) is 0 Å².